The number of aldehydes is 1. The van der Waals surface area contributed by atoms with Crippen LogP contribution in [0.15, 0.2) is 48.5 Å². The third kappa shape index (κ3) is 2.36. The number of hydrogen-bond acceptors (Lipinski definition) is 3. The van der Waals surface area contributed by atoms with Crippen LogP contribution < -0.4 is 0 Å². The van der Waals surface area contributed by atoms with Crippen LogP contribution in [0.1, 0.15) is 10.4 Å². The number of nitro groups is 1. The minimum Gasteiger partial charge on any atom is -0.298 e. The highest BCUT2D eigenvalue weighted by atomic mass is 16.6. The third-order valence-corrected chi connectivity index (χ3v) is 2.41. The van der Waals surface area contributed by atoms with Crippen LogP contribution in [0.4, 0.5) is 5.69 Å². The average Bonchev–Trinajstić information content (AvgIpc) is 2.39. The van der Waals surface area contributed by atoms with E-state index in [1.807, 2.05) is 6.07 Å². The van der Waals surface area contributed by atoms with Gasteiger partial charge >= 0.3 is 0 Å². The smallest absolute Gasteiger partial charge is 0.270 e. The summed E-state index contributed by atoms with van der Waals surface area (Å²) in [5.74, 6) is 0. The molecule has 84 valence electrons. The Morgan fingerprint density at radius 3 is 2.29 bits per heavy atom. The van der Waals surface area contributed by atoms with Crippen molar-refractivity contribution in [3.63, 3.8) is 0 Å². The largest absolute Gasteiger partial charge is 0.298 e. The van der Waals surface area contributed by atoms with Gasteiger partial charge in [-0.05, 0) is 17.2 Å². The fourth-order valence-corrected chi connectivity index (χ4v) is 1.59. The second-order valence-corrected chi connectivity index (χ2v) is 3.55. The molecule has 0 amide bonds. The molecule has 0 saturated heterocycles. The molecule has 0 radical (unpaired) electrons. The second kappa shape index (κ2) is 4.57. The standard InChI is InChI=1S/C13H9NO3/c15-9-10-3-1-4-11(7-10)12-5-2-6-13(8-12)14(16)17/h1-9H. The molecular formula is C13H9NO3. The van der Waals surface area contributed by atoms with Gasteiger partial charge in [0.2, 0.25) is 0 Å². The molecule has 2 aromatic carbocycles. The van der Waals surface area contributed by atoms with Gasteiger partial charge in [0, 0.05) is 17.7 Å². The summed E-state index contributed by atoms with van der Waals surface area (Å²) in [7, 11) is 0. The highest BCUT2D eigenvalue weighted by molar-refractivity contribution is 5.79. The summed E-state index contributed by atoms with van der Waals surface area (Å²) in [6.07, 6.45) is 0.751. The maximum Gasteiger partial charge on any atom is 0.270 e. The molecule has 0 bridgehead atoms. The van der Waals surface area contributed by atoms with Gasteiger partial charge in [0.05, 0.1) is 4.92 Å². The van der Waals surface area contributed by atoms with Gasteiger partial charge in [0.25, 0.3) is 5.69 Å². The van der Waals surface area contributed by atoms with Gasteiger partial charge < -0.3 is 0 Å². The molecule has 0 aliphatic rings. The van der Waals surface area contributed by atoms with Crippen molar-refractivity contribution in [2.45, 2.75) is 0 Å². The van der Waals surface area contributed by atoms with E-state index in [0.717, 1.165) is 17.4 Å². The summed E-state index contributed by atoms with van der Waals surface area (Å²) in [6.45, 7) is 0. The van der Waals surface area contributed by atoms with Crippen LogP contribution in [-0.2, 0) is 0 Å². The van der Waals surface area contributed by atoms with Crippen molar-refractivity contribution in [1.82, 2.24) is 0 Å². The number of hydrogen-bond donors (Lipinski definition) is 0. The average molecular weight is 227 g/mol. The Balaban J connectivity index is 2.48. The zero-order valence-electron chi connectivity index (χ0n) is 8.87. The SMILES string of the molecule is O=Cc1cccc(-c2cccc([N+](=O)[O-])c2)c1. The van der Waals surface area contributed by atoms with E-state index in [-0.39, 0.29) is 5.69 Å². The second-order valence-electron chi connectivity index (χ2n) is 3.55. The zero-order chi connectivity index (χ0) is 12.3. The highest BCUT2D eigenvalue weighted by Gasteiger charge is 2.07. The summed E-state index contributed by atoms with van der Waals surface area (Å²) in [5.41, 5.74) is 2.11. The van der Waals surface area contributed by atoms with Crippen molar-refractivity contribution in [3.8, 4) is 11.1 Å². The predicted molar refractivity (Wildman–Crippen MR) is 63.9 cm³/mol. The van der Waals surface area contributed by atoms with E-state index in [9.17, 15) is 14.9 Å². The third-order valence-electron chi connectivity index (χ3n) is 2.41. The van der Waals surface area contributed by atoms with Gasteiger partial charge in [-0.15, -0.1) is 0 Å². The lowest BCUT2D eigenvalue weighted by atomic mass is 10.0. The fourth-order valence-electron chi connectivity index (χ4n) is 1.59. The van der Waals surface area contributed by atoms with Gasteiger partial charge in [0.15, 0.2) is 0 Å². The Hall–Kier alpha value is -2.49. The van der Waals surface area contributed by atoms with Crippen LogP contribution in [0.25, 0.3) is 11.1 Å². The van der Waals surface area contributed by atoms with Crippen LogP contribution in [-0.4, -0.2) is 11.2 Å². The van der Waals surface area contributed by atoms with E-state index in [1.165, 1.54) is 12.1 Å². The summed E-state index contributed by atoms with van der Waals surface area (Å²) >= 11 is 0. The molecule has 4 heteroatoms. The Morgan fingerprint density at radius 2 is 1.65 bits per heavy atom. The summed E-state index contributed by atoms with van der Waals surface area (Å²) < 4.78 is 0. The Morgan fingerprint density at radius 1 is 1.00 bits per heavy atom. The quantitative estimate of drug-likeness (QED) is 0.460. The predicted octanol–water partition coefficient (Wildman–Crippen LogP) is 3.07. The van der Waals surface area contributed by atoms with Crippen LogP contribution in [0, 0.1) is 10.1 Å². The molecule has 0 unspecified atom stereocenters. The Bertz CT molecular complexity index is 578. The van der Waals surface area contributed by atoms with Crippen LogP contribution >= 0.6 is 0 Å². The van der Waals surface area contributed by atoms with Crippen molar-refractivity contribution in [1.29, 1.82) is 0 Å². The normalized spacial score (nSPS) is 9.88. The van der Waals surface area contributed by atoms with E-state index >= 15 is 0 Å². The molecule has 0 spiro atoms. The molecule has 4 nitrogen and oxygen atoms in total. The van der Waals surface area contributed by atoms with Crippen molar-refractivity contribution in [3.05, 3.63) is 64.2 Å². The van der Waals surface area contributed by atoms with E-state index in [4.69, 9.17) is 0 Å². The summed E-state index contributed by atoms with van der Waals surface area (Å²) in [6, 6.07) is 13.3. The van der Waals surface area contributed by atoms with Gasteiger partial charge in [-0.25, -0.2) is 0 Å². The van der Waals surface area contributed by atoms with Crippen LogP contribution in [0.3, 0.4) is 0 Å². The molecule has 0 saturated carbocycles. The molecule has 2 rings (SSSR count). The van der Waals surface area contributed by atoms with E-state index in [2.05, 4.69) is 0 Å². The van der Waals surface area contributed by atoms with Crippen LogP contribution in [0.5, 0.6) is 0 Å². The van der Waals surface area contributed by atoms with Gasteiger partial charge in [-0.1, -0.05) is 30.3 Å². The van der Waals surface area contributed by atoms with Gasteiger partial charge in [-0.2, -0.15) is 0 Å². The lowest BCUT2D eigenvalue weighted by molar-refractivity contribution is -0.384. The topological polar surface area (TPSA) is 60.2 Å². The molecule has 0 heterocycles. The zero-order valence-corrected chi connectivity index (χ0v) is 8.87. The Kier molecular flexibility index (Phi) is 2.96. The summed E-state index contributed by atoms with van der Waals surface area (Å²) in [5, 5.41) is 10.7. The minimum absolute atomic E-state index is 0.0407. The first-order chi connectivity index (χ1) is 8.20. The number of rotatable bonds is 3. The van der Waals surface area contributed by atoms with Gasteiger partial charge in [-0.3, -0.25) is 14.9 Å². The first-order valence-electron chi connectivity index (χ1n) is 5.01. The summed E-state index contributed by atoms with van der Waals surface area (Å²) in [4.78, 5) is 20.9. The first kappa shape index (κ1) is 11.0. The van der Waals surface area contributed by atoms with Crippen molar-refractivity contribution < 1.29 is 9.72 Å². The van der Waals surface area contributed by atoms with Crippen molar-refractivity contribution in [2.75, 3.05) is 0 Å². The van der Waals surface area contributed by atoms with Crippen molar-refractivity contribution >= 4 is 12.0 Å². The molecular weight excluding hydrogens is 218 g/mol. The molecule has 0 aliphatic heterocycles. The maximum absolute atomic E-state index is 10.7. The lowest BCUT2D eigenvalue weighted by Crippen LogP contribution is -1.88. The fraction of sp³-hybridized carbons (Fsp3) is 0. The number of carbonyl (C=O) groups excluding carboxylic acids is 1. The number of benzene rings is 2. The van der Waals surface area contributed by atoms with E-state index < -0.39 is 4.92 Å². The molecule has 0 atom stereocenters. The maximum atomic E-state index is 10.7. The monoisotopic (exact) mass is 227 g/mol. The lowest BCUT2D eigenvalue weighted by Gasteiger charge is -2.02. The minimum atomic E-state index is -0.437. The molecule has 0 fully saturated rings. The number of non-ortho nitro benzene ring substituents is 1. The number of nitrogens with zero attached hydrogens (tertiary/aromatic N) is 1. The van der Waals surface area contributed by atoms with Crippen LogP contribution in [0.2, 0.25) is 0 Å². The van der Waals surface area contributed by atoms with E-state index in [1.54, 1.807) is 30.3 Å². The molecule has 0 N–H and O–H groups in total. The van der Waals surface area contributed by atoms with Crippen molar-refractivity contribution in [2.24, 2.45) is 0 Å². The van der Waals surface area contributed by atoms with E-state index in [0.29, 0.717) is 5.56 Å². The molecule has 0 aromatic heterocycles. The number of carbonyl (C=O) groups is 1. The highest BCUT2D eigenvalue weighted by Crippen LogP contribution is 2.24. The first-order valence-corrected chi connectivity index (χ1v) is 5.01. The molecule has 2 aromatic rings. The molecule has 0 aliphatic carbocycles. The Labute approximate surface area is 97.7 Å². The number of nitro benzene ring substituents is 1. The molecule has 17 heavy (non-hydrogen) atoms. The van der Waals surface area contributed by atoms with Gasteiger partial charge in [0.1, 0.15) is 6.29 Å².